The van der Waals surface area contributed by atoms with Crippen molar-refractivity contribution >= 4 is 5.97 Å². The van der Waals surface area contributed by atoms with Crippen molar-refractivity contribution in [3.05, 3.63) is 12.2 Å². The summed E-state index contributed by atoms with van der Waals surface area (Å²) in [6.07, 6.45) is 5.37. The molecule has 0 aromatic rings. The van der Waals surface area contributed by atoms with E-state index in [0.717, 1.165) is 6.42 Å². The molecule has 2 aliphatic rings. The van der Waals surface area contributed by atoms with Crippen molar-refractivity contribution < 1.29 is 19.0 Å². The number of rotatable bonds is 3. The number of esters is 1. The van der Waals surface area contributed by atoms with E-state index in [-0.39, 0.29) is 24.3 Å². The van der Waals surface area contributed by atoms with Crippen molar-refractivity contribution in [2.75, 3.05) is 14.2 Å². The Morgan fingerprint density at radius 2 is 2.27 bits per heavy atom. The zero-order valence-electron chi connectivity index (χ0n) is 9.01. The Morgan fingerprint density at radius 3 is 2.93 bits per heavy atom. The Balaban J connectivity index is 1.94. The Hall–Kier alpha value is -0.870. The molecule has 0 amide bonds. The lowest BCUT2D eigenvalue weighted by Gasteiger charge is -2.15. The van der Waals surface area contributed by atoms with Gasteiger partial charge in [-0.2, -0.15) is 0 Å². The van der Waals surface area contributed by atoms with Gasteiger partial charge in [0.15, 0.2) is 6.29 Å². The first kappa shape index (κ1) is 10.6. The number of carbonyl (C=O) groups excluding carboxylic acids is 1. The molecular formula is C11H16O4. The van der Waals surface area contributed by atoms with Gasteiger partial charge in [-0.1, -0.05) is 12.2 Å². The molecule has 4 atom stereocenters. The Kier molecular flexibility index (Phi) is 3.07. The minimum Gasteiger partial charge on any atom is -0.469 e. The monoisotopic (exact) mass is 212 g/mol. The van der Waals surface area contributed by atoms with Gasteiger partial charge in [0, 0.05) is 19.4 Å². The van der Waals surface area contributed by atoms with Crippen molar-refractivity contribution in [2.24, 2.45) is 11.8 Å². The van der Waals surface area contributed by atoms with Gasteiger partial charge in [0.25, 0.3) is 0 Å². The molecule has 15 heavy (non-hydrogen) atoms. The number of ether oxygens (including phenoxy) is 3. The van der Waals surface area contributed by atoms with E-state index in [2.05, 4.69) is 10.8 Å². The van der Waals surface area contributed by atoms with Crippen LogP contribution in [0, 0.1) is 11.8 Å². The molecule has 1 aliphatic carbocycles. The Bertz CT molecular complexity index is 274. The van der Waals surface area contributed by atoms with E-state index in [0.29, 0.717) is 12.3 Å². The van der Waals surface area contributed by atoms with Gasteiger partial charge >= 0.3 is 5.97 Å². The molecule has 0 aromatic heterocycles. The minimum absolute atomic E-state index is 0.115. The van der Waals surface area contributed by atoms with Crippen LogP contribution in [-0.2, 0) is 19.0 Å². The normalized spacial score (nSPS) is 38.0. The van der Waals surface area contributed by atoms with E-state index in [1.165, 1.54) is 7.11 Å². The average molecular weight is 212 g/mol. The highest BCUT2D eigenvalue weighted by molar-refractivity contribution is 5.70. The molecule has 0 saturated carbocycles. The van der Waals surface area contributed by atoms with Gasteiger partial charge in [0.1, 0.15) is 0 Å². The quantitative estimate of drug-likeness (QED) is 0.519. The Labute approximate surface area is 89.2 Å². The van der Waals surface area contributed by atoms with Crippen molar-refractivity contribution in [1.82, 2.24) is 0 Å². The summed E-state index contributed by atoms with van der Waals surface area (Å²) in [4.78, 5) is 11.2. The van der Waals surface area contributed by atoms with Gasteiger partial charge in [-0.05, 0) is 5.92 Å². The number of methoxy groups -OCH3 is 2. The van der Waals surface area contributed by atoms with Crippen LogP contribution in [0.5, 0.6) is 0 Å². The third-order valence-corrected chi connectivity index (χ3v) is 3.19. The summed E-state index contributed by atoms with van der Waals surface area (Å²) in [6, 6.07) is 0. The largest absolute Gasteiger partial charge is 0.469 e. The summed E-state index contributed by atoms with van der Waals surface area (Å²) in [5.74, 6) is 0.447. The summed E-state index contributed by atoms with van der Waals surface area (Å²) >= 11 is 0. The Morgan fingerprint density at radius 1 is 1.47 bits per heavy atom. The topological polar surface area (TPSA) is 44.8 Å². The smallest absolute Gasteiger partial charge is 0.306 e. The number of fused-ring (bicyclic) bond motifs is 1. The van der Waals surface area contributed by atoms with Gasteiger partial charge in [-0.3, -0.25) is 4.79 Å². The lowest BCUT2D eigenvalue weighted by atomic mass is 9.90. The average Bonchev–Trinajstić information content (AvgIpc) is 2.79. The van der Waals surface area contributed by atoms with Crippen LogP contribution in [-0.4, -0.2) is 32.6 Å². The van der Waals surface area contributed by atoms with E-state index < -0.39 is 0 Å². The number of allylic oxidation sites excluding steroid dienone is 1. The molecule has 4 nitrogen and oxygen atoms in total. The van der Waals surface area contributed by atoms with Crippen LogP contribution < -0.4 is 0 Å². The van der Waals surface area contributed by atoms with Gasteiger partial charge in [-0.15, -0.1) is 0 Å². The molecule has 0 spiro atoms. The van der Waals surface area contributed by atoms with Crippen LogP contribution in [0.4, 0.5) is 0 Å². The zero-order valence-corrected chi connectivity index (χ0v) is 9.01. The first-order valence-corrected chi connectivity index (χ1v) is 5.18. The van der Waals surface area contributed by atoms with Gasteiger partial charge in [0.2, 0.25) is 0 Å². The standard InChI is InChI=1S/C11H16O4/c1-13-10(12)5-7-3-4-9-8(7)6-11(14-2)15-9/h3-4,7-9,11H,5-6H2,1-2H3/t7-,8+,9-,11?/m1/s1. The fourth-order valence-corrected chi connectivity index (χ4v) is 2.34. The maximum atomic E-state index is 11.2. The third-order valence-electron chi connectivity index (χ3n) is 3.19. The molecular weight excluding hydrogens is 196 g/mol. The second kappa shape index (κ2) is 4.33. The molecule has 4 heteroatoms. The molecule has 1 saturated heterocycles. The summed E-state index contributed by atoms with van der Waals surface area (Å²) < 4.78 is 15.4. The van der Waals surface area contributed by atoms with Crippen LogP contribution in [0.15, 0.2) is 12.2 Å². The number of hydrogen-bond acceptors (Lipinski definition) is 4. The summed E-state index contributed by atoms with van der Waals surface area (Å²) in [5.41, 5.74) is 0. The van der Waals surface area contributed by atoms with Crippen molar-refractivity contribution in [3.8, 4) is 0 Å². The molecule has 1 aliphatic heterocycles. The maximum absolute atomic E-state index is 11.2. The zero-order chi connectivity index (χ0) is 10.8. The van der Waals surface area contributed by atoms with E-state index in [1.54, 1.807) is 7.11 Å². The minimum atomic E-state index is -0.161. The summed E-state index contributed by atoms with van der Waals surface area (Å²) in [5, 5.41) is 0. The molecule has 1 heterocycles. The maximum Gasteiger partial charge on any atom is 0.306 e. The lowest BCUT2D eigenvalue weighted by Crippen LogP contribution is -2.18. The first-order chi connectivity index (χ1) is 7.24. The molecule has 0 aromatic carbocycles. The molecule has 0 bridgehead atoms. The van der Waals surface area contributed by atoms with Gasteiger partial charge in [0.05, 0.1) is 19.6 Å². The van der Waals surface area contributed by atoms with E-state index in [9.17, 15) is 4.79 Å². The highest BCUT2D eigenvalue weighted by Crippen LogP contribution is 2.40. The fourth-order valence-electron chi connectivity index (χ4n) is 2.34. The second-order valence-electron chi connectivity index (χ2n) is 3.99. The van der Waals surface area contributed by atoms with Crippen LogP contribution in [0.25, 0.3) is 0 Å². The van der Waals surface area contributed by atoms with Crippen LogP contribution in [0.2, 0.25) is 0 Å². The predicted molar refractivity (Wildman–Crippen MR) is 53.0 cm³/mol. The van der Waals surface area contributed by atoms with E-state index in [1.807, 2.05) is 6.08 Å². The second-order valence-corrected chi connectivity index (χ2v) is 3.99. The molecule has 84 valence electrons. The highest BCUT2D eigenvalue weighted by Gasteiger charge is 2.42. The molecule has 1 unspecified atom stereocenters. The predicted octanol–water partition coefficient (Wildman–Crippen LogP) is 1.11. The highest BCUT2D eigenvalue weighted by atomic mass is 16.7. The molecule has 0 N–H and O–H groups in total. The summed E-state index contributed by atoms with van der Waals surface area (Å²) in [6.45, 7) is 0. The molecule has 2 rings (SSSR count). The van der Waals surface area contributed by atoms with Crippen LogP contribution >= 0.6 is 0 Å². The van der Waals surface area contributed by atoms with Gasteiger partial charge < -0.3 is 14.2 Å². The lowest BCUT2D eigenvalue weighted by molar-refractivity contribution is -0.141. The van der Waals surface area contributed by atoms with Crippen molar-refractivity contribution in [1.29, 1.82) is 0 Å². The molecule has 0 radical (unpaired) electrons. The molecule has 1 fully saturated rings. The SMILES string of the molecule is COC(=O)C[C@H]1C=C[C@H]2OC(OC)C[C@@H]12. The van der Waals surface area contributed by atoms with Gasteiger partial charge in [-0.25, -0.2) is 0 Å². The van der Waals surface area contributed by atoms with E-state index >= 15 is 0 Å². The number of hydrogen-bond donors (Lipinski definition) is 0. The van der Waals surface area contributed by atoms with Crippen LogP contribution in [0.1, 0.15) is 12.8 Å². The third kappa shape index (κ3) is 2.06. The van der Waals surface area contributed by atoms with Crippen molar-refractivity contribution in [2.45, 2.75) is 25.2 Å². The van der Waals surface area contributed by atoms with E-state index in [4.69, 9.17) is 9.47 Å². The van der Waals surface area contributed by atoms with Crippen LogP contribution in [0.3, 0.4) is 0 Å². The summed E-state index contributed by atoms with van der Waals surface area (Å²) in [7, 11) is 3.06. The van der Waals surface area contributed by atoms with Crippen molar-refractivity contribution in [3.63, 3.8) is 0 Å². The fraction of sp³-hybridized carbons (Fsp3) is 0.727. The first-order valence-electron chi connectivity index (χ1n) is 5.18. The number of carbonyl (C=O) groups is 1.